The molecule has 5 rings (SSSR count). The van der Waals surface area contributed by atoms with Gasteiger partial charge in [-0.05, 0) is 26.0 Å². The zero-order chi connectivity index (χ0) is 26.1. The molecule has 0 radical (unpaired) electrons. The zero-order valence-electron chi connectivity index (χ0n) is 20.7. The van der Waals surface area contributed by atoms with Crippen molar-refractivity contribution in [2.45, 2.75) is 19.9 Å². The number of benzene rings is 1. The number of amides is 1. The first-order valence-corrected chi connectivity index (χ1v) is 11.8. The molecule has 0 spiro atoms. The summed E-state index contributed by atoms with van der Waals surface area (Å²) in [5.41, 5.74) is 2.08. The van der Waals surface area contributed by atoms with Crippen molar-refractivity contribution in [1.82, 2.24) is 29.6 Å². The summed E-state index contributed by atoms with van der Waals surface area (Å²) in [5, 5.41) is 14.5. The van der Waals surface area contributed by atoms with E-state index in [9.17, 15) is 14.9 Å². The van der Waals surface area contributed by atoms with Gasteiger partial charge < -0.3 is 14.6 Å². The highest BCUT2D eigenvalue weighted by Gasteiger charge is 2.36. The van der Waals surface area contributed by atoms with E-state index in [1.807, 2.05) is 41.8 Å². The molecule has 4 aromatic rings. The Bertz CT molecular complexity index is 1580. The Morgan fingerprint density at radius 2 is 2.03 bits per heavy atom. The van der Waals surface area contributed by atoms with Gasteiger partial charge in [0.2, 0.25) is 0 Å². The summed E-state index contributed by atoms with van der Waals surface area (Å²) in [6.07, 6.45) is 4.52. The number of carbonyl (C=O) groups is 2. The number of nitriles is 1. The van der Waals surface area contributed by atoms with Crippen molar-refractivity contribution >= 4 is 28.3 Å². The van der Waals surface area contributed by atoms with Crippen LogP contribution in [0.15, 0.2) is 49.1 Å². The van der Waals surface area contributed by atoms with Gasteiger partial charge >= 0.3 is 0 Å². The lowest BCUT2D eigenvalue weighted by Gasteiger charge is -2.31. The number of aromatic nitrogens is 5. The van der Waals surface area contributed by atoms with Gasteiger partial charge in [-0.3, -0.25) is 9.59 Å². The van der Waals surface area contributed by atoms with Gasteiger partial charge in [0.1, 0.15) is 17.9 Å². The van der Waals surface area contributed by atoms with Crippen LogP contribution < -0.4 is 4.74 Å². The first kappa shape index (κ1) is 23.9. The number of fused-ring (bicyclic) bond motifs is 1. The fraction of sp³-hybridized carbons (Fsp3) is 0.269. The third-order valence-corrected chi connectivity index (χ3v) is 6.49. The highest BCUT2D eigenvalue weighted by Crippen LogP contribution is 2.32. The Balaban J connectivity index is 1.44. The molecule has 4 heterocycles. The summed E-state index contributed by atoms with van der Waals surface area (Å²) >= 11 is 0. The smallest absolute Gasteiger partial charge is 0.295 e. The van der Waals surface area contributed by atoms with Crippen molar-refractivity contribution in [3.8, 4) is 17.6 Å². The molecule has 1 unspecified atom stereocenters. The minimum absolute atomic E-state index is 0.195. The molecule has 1 amide bonds. The number of ketones is 1. The van der Waals surface area contributed by atoms with Crippen LogP contribution in [0.2, 0.25) is 0 Å². The third kappa shape index (κ3) is 4.23. The minimum Gasteiger partial charge on any atom is -0.494 e. The van der Waals surface area contributed by atoms with Crippen LogP contribution in [0.3, 0.4) is 0 Å². The second-order valence-corrected chi connectivity index (χ2v) is 8.79. The van der Waals surface area contributed by atoms with E-state index in [0.717, 1.165) is 5.56 Å². The van der Waals surface area contributed by atoms with Crippen LogP contribution in [-0.4, -0.2) is 84.4 Å². The van der Waals surface area contributed by atoms with E-state index >= 15 is 0 Å². The van der Waals surface area contributed by atoms with Crippen LogP contribution in [0.25, 0.3) is 16.7 Å². The molecular formula is C26H25N8O3+. The molecule has 0 aliphatic carbocycles. The Morgan fingerprint density at radius 1 is 1.24 bits per heavy atom. The number of aromatic amines is 1. The number of hydrogen-bond acceptors (Lipinski definition) is 7. The van der Waals surface area contributed by atoms with Gasteiger partial charge in [0.15, 0.2) is 25.0 Å². The maximum absolute atomic E-state index is 13.5. The average molecular weight is 498 g/mol. The molecule has 1 aliphatic rings. The zero-order valence-corrected chi connectivity index (χ0v) is 20.7. The van der Waals surface area contributed by atoms with Gasteiger partial charge in [-0.1, -0.05) is 18.2 Å². The second kappa shape index (κ2) is 9.66. The van der Waals surface area contributed by atoms with E-state index in [2.05, 4.69) is 26.1 Å². The largest absolute Gasteiger partial charge is 0.494 e. The second-order valence-electron chi connectivity index (χ2n) is 8.79. The first-order valence-electron chi connectivity index (χ1n) is 11.8. The number of aryl methyl sites for hydroxylation is 1. The predicted octanol–water partition coefficient (Wildman–Crippen LogP) is 1.90. The topological polar surface area (TPSA) is 133 Å². The molecule has 0 saturated carbocycles. The van der Waals surface area contributed by atoms with E-state index in [4.69, 9.17) is 4.74 Å². The maximum atomic E-state index is 13.5. The van der Waals surface area contributed by atoms with E-state index in [1.165, 1.54) is 30.5 Å². The first-order chi connectivity index (χ1) is 17.9. The Labute approximate surface area is 212 Å². The Kier molecular flexibility index (Phi) is 6.23. The molecule has 1 aromatic carbocycles. The van der Waals surface area contributed by atoms with Crippen molar-refractivity contribution in [3.05, 3.63) is 66.0 Å². The molecule has 11 heteroatoms. The van der Waals surface area contributed by atoms with Crippen LogP contribution in [0, 0.1) is 18.3 Å². The van der Waals surface area contributed by atoms with Gasteiger partial charge in [0.05, 0.1) is 47.9 Å². The van der Waals surface area contributed by atoms with Crippen molar-refractivity contribution < 1.29 is 18.9 Å². The van der Waals surface area contributed by atoms with E-state index in [1.54, 1.807) is 11.8 Å². The van der Waals surface area contributed by atoms with Gasteiger partial charge in [-0.25, -0.2) is 19.2 Å². The monoisotopic (exact) mass is 497 g/mol. The van der Waals surface area contributed by atoms with Crippen molar-refractivity contribution in [2.24, 2.45) is 0 Å². The highest BCUT2D eigenvalue weighted by molar-refractivity contribution is 6.45. The molecule has 1 saturated heterocycles. The number of H-pyrrole nitrogens is 1. The summed E-state index contributed by atoms with van der Waals surface area (Å²) in [4.78, 5) is 40.1. The molecule has 11 nitrogen and oxygen atoms in total. The molecule has 3 aromatic heterocycles. The minimum atomic E-state index is -0.649. The van der Waals surface area contributed by atoms with Crippen LogP contribution in [-0.2, 0) is 4.79 Å². The average Bonchev–Trinajstić information content (AvgIpc) is 3.55. The number of rotatable bonds is 5. The fourth-order valence-electron chi connectivity index (χ4n) is 4.68. The Hall–Kier alpha value is -4.85. The molecular weight excluding hydrogens is 472 g/mol. The van der Waals surface area contributed by atoms with Crippen molar-refractivity contribution in [1.29, 1.82) is 5.26 Å². The van der Waals surface area contributed by atoms with Crippen LogP contribution in [0.4, 0.5) is 0 Å². The molecule has 0 bridgehead atoms. The number of ether oxygens (including phenoxy) is 1. The van der Waals surface area contributed by atoms with Crippen molar-refractivity contribution in [2.75, 3.05) is 26.7 Å². The molecule has 1 aliphatic heterocycles. The molecule has 1 N–H and O–H groups in total. The standard InChI is InChI=1S/C26H24N8O3/c1-16-14-32(20(11-27)18-7-5-4-6-8-18)9-10-33(16)26(36)24(35)19-12-28-23-22(19)21(37-3)13-29-25(23)34-15-30-17(2)31-34/h4-8,12-13,15-16H,9-10,14H2,1-3H3/p+1/b32-20+. The van der Waals surface area contributed by atoms with E-state index in [0.29, 0.717) is 53.6 Å². The van der Waals surface area contributed by atoms with Gasteiger partial charge in [0.25, 0.3) is 17.4 Å². The lowest BCUT2D eigenvalue weighted by molar-refractivity contribution is -0.543. The van der Waals surface area contributed by atoms with Crippen molar-refractivity contribution in [3.63, 3.8) is 0 Å². The third-order valence-electron chi connectivity index (χ3n) is 6.49. The Morgan fingerprint density at radius 3 is 2.68 bits per heavy atom. The highest BCUT2D eigenvalue weighted by atomic mass is 16.5. The van der Waals surface area contributed by atoms with Gasteiger partial charge in [-0.2, -0.15) is 10.4 Å². The number of nitrogens with one attached hydrogen (secondary N) is 1. The summed E-state index contributed by atoms with van der Waals surface area (Å²) in [5.74, 6) is 0.112. The fourth-order valence-corrected chi connectivity index (χ4v) is 4.68. The lowest BCUT2D eigenvalue weighted by atomic mass is 10.1. The number of methoxy groups -OCH3 is 1. The quantitative estimate of drug-likeness (QED) is 0.253. The van der Waals surface area contributed by atoms with Crippen LogP contribution in [0.5, 0.6) is 5.75 Å². The van der Waals surface area contributed by atoms with E-state index in [-0.39, 0.29) is 11.6 Å². The van der Waals surface area contributed by atoms with E-state index < -0.39 is 11.7 Å². The lowest BCUT2D eigenvalue weighted by Crippen LogP contribution is -2.54. The number of Topliss-reactive ketones (excluding diaryl/α,β-unsaturated/α-hetero) is 1. The number of carbonyl (C=O) groups excluding carboxylic acids is 2. The molecule has 186 valence electrons. The van der Waals surface area contributed by atoms with Crippen LogP contribution >= 0.6 is 0 Å². The maximum Gasteiger partial charge on any atom is 0.295 e. The molecule has 1 fully saturated rings. The number of nitrogens with zero attached hydrogens (tertiary/aromatic N) is 7. The van der Waals surface area contributed by atoms with Crippen LogP contribution in [0.1, 0.15) is 28.7 Å². The SMILES string of the molecule is COc1cnc(-n2cnc(C)n2)c2[nH]cc(C(=O)C(=O)N3CC/[N+](=C(/C#N)c4ccccc4)CC3C)c12. The van der Waals surface area contributed by atoms with Gasteiger partial charge in [0, 0.05) is 6.20 Å². The summed E-state index contributed by atoms with van der Waals surface area (Å²) in [6.45, 7) is 4.83. The molecule has 37 heavy (non-hydrogen) atoms. The number of hydrogen-bond donors (Lipinski definition) is 1. The summed E-state index contributed by atoms with van der Waals surface area (Å²) in [6, 6.07) is 11.4. The summed E-state index contributed by atoms with van der Waals surface area (Å²) in [7, 11) is 1.48. The number of pyridine rings is 1. The number of piperazine rings is 1. The predicted molar refractivity (Wildman–Crippen MR) is 134 cm³/mol. The molecule has 1 atom stereocenters. The normalized spacial score (nSPS) is 16.9. The summed E-state index contributed by atoms with van der Waals surface area (Å²) < 4.78 is 8.93. The van der Waals surface area contributed by atoms with Gasteiger partial charge in [-0.15, -0.1) is 0 Å².